The lowest BCUT2D eigenvalue weighted by atomic mass is 9.96. The maximum atomic E-state index is 12.8. The zero-order valence-corrected chi connectivity index (χ0v) is 16.7. The maximum absolute atomic E-state index is 12.8. The Labute approximate surface area is 165 Å². The Morgan fingerprint density at radius 3 is 2.54 bits per heavy atom. The fraction of sp³-hybridized carbons (Fsp3) is 0.381. The number of fused-ring (bicyclic) bond motifs is 1. The first-order chi connectivity index (χ1) is 13.4. The van der Waals surface area contributed by atoms with Crippen LogP contribution in [0.1, 0.15) is 44.5 Å². The second kappa shape index (κ2) is 7.88. The van der Waals surface area contributed by atoms with Gasteiger partial charge in [0.1, 0.15) is 17.6 Å². The molecule has 146 valence electrons. The average molecular weight is 378 g/mol. The van der Waals surface area contributed by atoms with Gasteiger partial charge in [-0.1, -0.05) is 37.3 Å². The average Bonchev–Trinajstić information content (AvgIpc) is 2.71. The molecule has 2 unspecified atom stereocenters. The second-order valence-corrected chi connectivity index (χ2v) is 7.18. The van der Waals surface area contributed by atoms with Crippen molar-refractivity contribution in [2.75, 3.05) is 16.8 Å². The number of hydrogen-bond acceptors (Lipinski definition) is 6. The molecule has 2 heterocycles. The van der Waals surface area contributed by atoms with Crippen LogP contribution in [0.4, 0.5) is 11.5 Å². The quantitative estimate of drug-likeness (QED) is 0.754. The molecule has 1 amide bonds. The van der Waals surface area contributed by atoms with E-state index in [4.69, 9.17) is 15.8 Å². The minimum atomic E-state index is -0.648. The Morgan fingerprint density at radius 1 is 1.29 bits per heavy atom. The van der Waals surface area contributed by atoms with Crippen LogP contribution in [0.5, 0.6) is 0 Å². The lowest BCUT2D eigenvalue weighted by Gasteiger charge is -2.42. The fourth-order valence-corrected chi connectivity index (χ4v) is 3.62. The first kappa shape index (κ1) is 19.7. The third kappa shape index (κ3) is 3.28. The SMILES string of the molecule is CCC1C(=O)N(C)c2cnc(C(C=N)C(=N)c3ccccc3)nc2N1C(C)C. The number of rotatable bonds is 6. The van der Waals surface area contributed by atoms with E-state index in [2.05, 4.69) is 4.98 Å². The molecule has 1 aliphatic rings. The smallest absolute Gasteiger partial charge is 0.249 e. The van der Waals surface area contributed by atoms with Crippen molar-refractivity contribution in [3.05, 3.63) is 47.9 Å². The molecule has 2 N–H and O–H groups in total. The van der Waals surface area contributed by atoms with Gasteiger partial charge in [-0.15, -0.1) is 0 Å². The molecule has 0 fully saturated rings. The Kier molecular flexibility index (Phi) is 5.53. The van der Waals surface area contributed by atoms with Gasteiger partial charge >= 0.3 is 0 Å². The van der Waals surface area contributed by atoms with Gasteiger partial charge in [0.25, 0.3) is 0 Å². The van der Waals surface area contributed by atoms with Gasteiger partial charge in [-0.2, -0.15) is 0 Å². The van der Waals surface area contributed by atoms with Crippen molar-refractivity contribution in [1.82, 2.24) is 9.97 Å². The van der Waals surface area contributed by atoms with Crippen molar-refractivity contribution in [2.24, 2.45) is 0 Å². The molecule has 0 spiro atoms. The van der Waals surface area contributed by atoms with Gasteiger partial charge in [0.15, 0.2) is 5.82 Å². The number of benzene rings is 1. The Hall–Kier alpha value is -3.09. The van der Waals surface area contributed by atoms with Crippen LogP contribution in [0, 0.1) is 10.8 Å². The first-order valence-corrected chi connectivity index (χ1v) is 9.48. The predicted octanol–water partition coefficient (Wildman–Crippen LogP) is 3.25. The molecule has 0 saturated carbocycles. The number of nitrogens with zero attached hydrogens (tertiary/aromatic N) is 4. The fourth-order valence-electron chi connectivity index (χ4n) is 3.62. The van der Waals surface area contributed by atoms with E-state index in [-0.39, 0.29) is 23.7 Å². The highest BCUT2D eigenvalue weighted by Crippen LogP contribution is 2.36. The normalized spacial score (nSPS) is 17.5. The van der Waals surface area contributed by atoms with E-state index in [1.54, 1.807) is 18.1 Å². The third-order valence-corrected chi connectivity index (χ3v) is 5.11. The van der Waals surface area contributed by atoms with Crippen molar-refractivity contribution < 1.29 is 4.79 Å². The highest BCUT2D eigenvalue weighted by atomic mass is 16.2. The molecule has 2 aromatic rings. The van der Waals surface area contributed by atoms with Crippen LogP contribution in [-0.2, 0) is 4.79 Å². The molecule has 0 aliphatic carbocycles. The van der Waals surface area contributed by atoms with Crippen molar-refractivity contribution in [2.45, 2.75) is 45.2 Å². The summed E-state index contributed by atoms with van der Waals surface area (Å²) in [5.41, 5.74) is 1.66. The molecule has 7 nitrogen and oxygen atoms in total. The number of amides is 1. The van der Waals surface area contributed by atoms with Crippen LogP contribution in [0.15, 0.2) is 36.5 Å². The second-order valence-electron chi connectivity index (χ2n) is 7.18. The van der Waals surface area contributed by atoms with Crippen LogP contribution >= 0.6 is 0 Å². The number of carbonyl (C=O) groups excluding carboxylic acids is 1. The molecule has 28 heavy (non-hydrogen) atoms. The summed E-state index contributed by atoms with van der Waals surface area (Å²) in [5.74, 6) is 0.456. The van der Waals surface area contributed by atoms with Crippen LogP contribution in [-0.4, -0.2) is 46.9 Å². The lowest BCUT2D eigenvalue weighted by molar-refractivity contribution is -0.120. The summed E-state index contributed by atoms with van der Waals surface area (Å²) < 4.78 is 0. The van der Waals surface area contributed by atoms with Crippen molar-refractivity contribution in [3.63, 3.8) is 0 Å². The molecule has 0 bridgehead atoms. The highest BCUT2D eigenvalue weighted by molar-refractivity contribution is 6.11. The summed E-state index contributed by atoms with van der Waals surface area (Å²) in [7, 11) is 1.74. The molecular weight excluding hydrogens is 352 g/mol. The summed E-state index contributed by atoms with van der Waals surface area (Å²) in [4.78, 5) is 25.6. The number of carbonyl (C=O) groups is 1. The zero-order chi connectivity index (χ0) is 20.4. The predicted molar refractivity (Wildman–Crippen MR) is 112 cm³/mol. The van der Waals surface area contributed by atoms with E-state index < -0.39 is 5.92 Å². The first-order valence-electron chi connectivity index (χ1n) is 9.48. The van der Waals surface area contributed by atoms with Gasteiger partial charge in [-0.3, -0.25) is 4.79 Å². The molecule has 7 heteroatoms. The van der Waals surface area contributed by atoms with E-state index >= 15 is 0 Å². The third-order valence-electron chi connectivity index (χ3n) is 5.11. The molecule has 3 rings (SSSR count). The standard InChI is InChI=1S/C21H26N6O/c1-5-16-21(28)26(4)17-12-24-19(25-20(17)27(16)13(2)3)15(11-22)18(23)14-9-7-6-8-10-14/h6-13,15-16,22-23H,5H2,1-4H3. The van der Waals surface area contributed by atoms with Crippen LogP contribution in [0.3, 0.4) is 0 Å². The van der Waals surface area contributed by atoms with Crippen LogP contribution < -0.4 is 9.80 Å². The Bertz CT molecular complexity index is 895. The van der Waals surface area contributed by atoms with Crippen LogP contribution in [0.25, 0.3) is 0 Å². The summed E-state index contributed by atoms with van der Waals surface area (Å²) in [6, 6.07) is 9.11. The van der Waals surface area contributed by atoms with E-state index in [1.165, 1.54) is 6.21 Å². The number of nitrogens with one attached hydrogen (secondary N) is 2. The summed E-state index contributed by atoms with van der Waals surface area (Å²) in [6.07, 6.45) is 3.51. The minimum Gasteiger partial charge on any atom is -0.340 e. The summed E-state index contributed by atoms with van der Waals surface area (Å²) in [5, 5.41) is 16.4. The largest absolute Gasteiger partial charge is 0.340 e. The van der Waals surface area contributed by atoms with Gasteiger partial charge in [0.05, 0.1) is 17.8 Å². The zero-order valence-electron chi connectivity index (χ0n) is 16.7. The topological polar surface area (TPSA) is 97.0 Å². The molecule has 1 aromatic carbocycles. The van der Waals surface area contributed by atoms with Crippen molar-refractivity contribution >= 4 is 29.3 Å². The molecule has 2 atom stereocenters. The van der Waals surface area contributed by atoms with E-state index in [9.17, 15) is 4.79 Å². The highest BCUT2D eigenvalue weighted by Gasteiger charge is 2.38. The van der Waals surface area contributed by atoms with Gasteiger partial charge in [-0.25, -0.2) is 9.97 Å². The van der Waals surface area contributed by atoms with Crippen LogP contribution in [0.2, 0.25) is 0 Å². The maximum Gasteiger partial charge on any atom is 0.249 e. The number of anilines is 2. The number of aromatic nitrogens is 2. The van der Waals surface area contributed by atoms with Gasteiger partial charge < -0.3 is 20.6 Å². The molecular formula is C21H26N6O. The van der Waals surface area contributed by atoms with Crippen molar-refractivity contribution in [1.29, 1.82) is 10.8 Å². The molecule has 1 aliphatic heterocycles. The minimum absolute atomic E-state index is 0.0284. The van der Waals surface area contributed by atoms with E-state index in [0.29, 0.717) is 23.8 Å². The summed E-state index contributed by atoms with van der Waals surface area (Å²) >= 11 is 0. The van der Waals surface area contributed by atoms with Gasteiger partial charge in [0.2, 0.25) is 5.91 Å². The Morgan fingerprint density at radius 2 is 1.96 bits per heavy atom. The monoisotopic (exact) mass is 378 g/mol. The molecule has 0 radical (unpaired) electrons. The van der Waals surface area contributed by atoms with E-state index in [0.717, 1.165) is 5.56 Å². The van der Waals surface area contributed by atoms with Gasteiger partial charge in [0, 0.05) is 19.3 Å². The lowest BCUT2D eigenvalue weighted by Crippen LogP contribution is -2.55. The Balaban J connectivity index is 2.08. The molecule has 1 aromatic heterocycles. The summed E-state index contributed by atoms with van der Waals surface area (Å²) in [6.45, 7) is 6.06. The van der Waals surface area contributed by atoms with E-state index in [1.807, 2.05) is 56.0 Å². The van der Waals surface area contributed by atoms with Crippen molar-refractivity contribution in [3.8, 4) is 0 Å². The molecule has 0 saturated heterocycles. The van der Waals surface area contributed by atoms with Gasteiger partial charge in [-0.05, 0) is 25.8 Å². The number of hydrogen-bond donors (Lipinski definition) is 2. The number of likely N-dealkylation sites (N-methyl/N-ethyl adjacent to an activating group) is 1.